The lowest BCUT2D eigenvalue weighted by Crippen LogP contribution is -2.33. The van der Waals surface area contributed by atoms with Crippen LogP contribution >= 0.6 is 0 Å². The molecule has 3 rings (SSSR count). The number of carbonyl (C=O) groups is 2. The van der Waals surface area contributed by atoms with E-state index in [1.165, 1.54) is 5.56 Å². The molecule has 1 atom stereocenters. The largest absolute Gasteiger partial charge is 0.355 e. The van der Waals surface area contributed by atoms with E-state index in [1.54, 1.807) is 0 Å². The molecule has 1 spiro atoms. The first-order valence-corrected chi connectivity index (χ1v) is 7.12. The van der Waals surface area contributed by atoms with Gasteiger partial charge < -0.3 is 10.2 Å². The van der Waals surface area contributed by atoms with Crippen molar-refractivity contribution in [1.29, 1.82) is 0 Å². The number of hydrogen-bond donors (Lipinski definition) is 1. The summed E-state index contributed by atoms with van der Waals surface area (Å²) in [5, 5.41) is 2.89. The molecule has 2 heterocycles. The first kappa shape index (κ1) is 13.2. The van der Waals surface area contributed by atoms with Crippen LogP contribution in [0.15, 0.2) is 18.2 Å². The molecule has 2 amide bonds. The first-order valence-electron chi connectivity index (χ1n) is 7.12. The third kappa shape index (κ3) is 2.19. The monoisotopic (exact) mass is 272 g/mol. The SMILES string of the molecule is Cc1ccc(C(=O)N2CCC3(CNC(=O)C3)C2)cc1C. The molecule has 0 bridgehead atoms. The summed E-state index contributed by atoms with van der Waals surface area (Å²) in [7, 11) is 0. The van der Waals surface area contributed by atoms with Gasteiger partial charge in [0.05, 0.1) is 0 Å². The molecule has 4 heteroatoms. The van der Waals surface area contributed by atoms with E-state index in [2.05, 4.69) is 5.32 Å². The zero-order valence-corrected chi connectivity index (χ0v) is 12.0. The lowest BCUT2D eigenvalue weighted by atomic mass is 9.86. The Morgan fingerprint density at radius 3 is 2.75 bits per heavy atom. The number of amides is 2. The Morgan fingerprint density at radius 1 is 1.30 bits per heavy atom. The van der Waals surface area contributed by atoms with Crippen LogP contribution in [0.3, 0.4) is 0 Å². The van der Waals surface area contributed by atoms with Gasteiger partial charge in [-0.05, 0) is 43.5 Å². The minimum Gasteiger partial charge on any atom is -0.355 e. The average Bonchev–Trinajstić information content (AvgIpc) is 2.99. The van der Waals surface area contributed by atoms with Crippen LogP contribution in [-0.2, 0) is 4.79 Å². The molecule has 1 N–H and O–H groups in total. The van der Waals surface area contributed by atoms with Gasteiger partial charge in [-0.1, -0.05) is 6.07 Å². The highest BCUT2D eigenvalue weighted by molar-refractivity contribution is 5.95. The molecule has 0 radical (unpaired) electrons. The Morgan fingerprint density at radius 2 is 2.10 bits per heavy atom. The molecular weight excluding hydrogens is 252 g/mol. The number of hydrogen-bond acceptors (Lipinski definition) is 2. The van der Waals surface area contributed by atoms with Crippen molar-refractivity contribution < 1.29 is 9.59 Å². The van der Waals surface area contributed by atoms with E-state index < -0.39 is 0 Å². The van der Waals surface area contributed by atoms with Crippen LogP contribution in [0, 0.1) is 19.3 Å². The van der Waals surface area contributed by atoms with Crippen LogP contribution in [0.4, 0.5) is 0 Å². The van der Waals surface area contributed by atoms with Crippen molar-refractivity contribution in [1.82, 2.24) is 10.2 Å². The molecule has 106 valence electrons. The van der Waals surface area contributed by atoms with Crippen LogP contribution in [0.1, 0.15) is 34.3 Å². The predicted octanol–water partition coefficient (Wildman–Crippen LogP) is 1.66. The van der Waals surface area contributed by atoms with Gasteiger partial charge in [0, 0.05) is 37.0 Å². The van der Waals surface area contributed by atoms with Crippen LogP contribution in [0.2, 0.25) is 0 Å². The van der Waals surface area contributed by atoms with Gasteiger partial charge in [0.1, 0.15) is 0 Å². The van der Waals surface area contributed by atoms with Crippen molar-refractivity contribution in [2.24, 2.45) is 5.41 Å². The highest BCUT2D eigenvalue weighted by Gasteiger charge is 2.45. The van der Waals surface area contributed by atoms with E-state index in [0.717, 1.165) is 24.1 Å². The molecule has 20 heavy (non-hydrogen) atoms. The lowest BCUT2D eigenvalue weighted by Gasteiger charge is -2.22. The van der Waals surface area contributed by atoms with E-state index in [9.17, 15) is 9.59 Å². The third-order valence-corrected chi connectivity index (χ3v) is 4.68. The number of rotatable bonds is 1. The molecule has 0 saturated carbocycles. The minimum absolute atomic E-state index is 0.0213. The zero-order chi connectivity index (χ0) is 14.3. The summed E-state index contributed by atoms with van der Waals surface area (Å²) in [6.45, 7) is 6.22. The molecular formula is C16H20N2O2. The number of carbonyl (C=O) groups excluding carboxylic acids is 2. The highest BCUT2D eigenvalue weighted by Crippen LogP contribution is 2.37. The van der Waals surface area contributed by atoms with E-state index in [0.29, 0.717) is 19.5 Å². The van der Waals surface area contributed by atoms with Crippen molar-refractivity contribution in [3.8, 4) is 0 Å². The van der Waals surface area contributed by atoms with Gasteiger partial charge in [-0.15, -0.1) is 0 Å². The standard InChI is InChI=1S/C16H20N2O2/c1-11-3-4-13(7-12(11)2)15(20)18-6-5-16(10-18)8-14(19)17-9-16/h3-4,7H,5-6,8-10H2,1-2H3,(H,17,19). The van der Waals surface area contributed by atoms with Crippen molar-refractivity contribution in [2.45, 2.75) is 26.7 Å². The molecule has 2 aliphatic rings. The average molecular weight is 272 g/mol. The summed E-state index contributed by atoms with van der Waals surface area (Å²) < 4.78 is 0. The van der Waals surface area contributed by atoms with Crippen molar-refractivity contribution >= 4 is 11.8 Å². The summed E-state index contributed by atoms with van der Waals surface area (Å²) in [5.74, 6) is 0.204. The highest BCUT2D eigenvalue weighted by atomic mass is 16.2. The maximum Gasteiger partial charge on any atom is 0.253 e. The predicted molar refractivity (Wildman–Crippen MR) is 76.5 cm³/mol. The van der Waals surface area contributed by atoms with Crippen LogP contribution in [0.5, 0.6) is 0 Å². The first-order chi connectivity index (χ1) is 9.49. The van der Waals surface area contributed by atoms with Gasteiger partial charge in [0.25, 0.3) is 5.91 Å². The Hall–Kier alpha value is -1.84. The molecule has 2 fully saturated rings. The third-order valence-electron chi connectivity index (χ3n) is 4.68. The fourth-order valence-electron chi connectivity index (χ4n) is 3.21. The molecule has 1 unspecified atom stereocenters. The molecule has 2 aliphatic heterocycles. The number of aryl methyl sites for hydroxylation is 2. The summed E-state index contributed by atoms with van der Waals surface area (Å²) in [4.78, 5) is 25.9. The van der Waals surface area contributed by atoms with Gasteiger partial charge in [0.15, 0.2) is 0 Å². The van der Waals surface area contributed by atoms with Crippen molar-refractivity contribution in [3.63, 3.8) is 0 Å². The number of benzene rings is 1. The number of likely N-dealkylation sites (tertiary alicyclic amines) is 1. The molecule has 4 nitrogen and oxygen atoms in total. The van der Waals surface area contributed by atoms with Gasteiger partial charge in [0.2, 0.25) is 5.91 Å². The summed E-state index contributed by atoms with van der Waals surface area (Å²) >= 11 is 0. The summed E-state index contributed by atoms with van der Waals surface area (Å²) in [6, 6.07) is 5.85. The Labute approximate surface area is 119 Å². The van der Waals surface area contributed by atoms with E-state index in [1.807, 2.05) is 36.9 Å². The van der Waals surface area contributed by atoms with Gasteiger partial charge in [-0.2, -0.15) is 0 Å². The second kappa shape index (κ2) is 4.62. The number of nitrogens with zero attached hydrogens (tertiary/aromatic N) is 1. The lowest BCUT2D eigenvalue weighted by molar-refractivity contribution is -0.119. The van der Waals surface area contributed by atoms with Crippen LogP contribution in [0.25, 0.3) is 0 Å². The molecule has 0 aliphatic carbocycles. The summed E-state index contributed by atoms with van der Waals surface area (Å²) in [5.41, 5.74) is 3.07. The Bertz CT molecular complexity index is 582. The summed E-state index contributed by atoms with van der Waals surface area (Å²) in [6.07, 6.45) is 1.48. The minimum atomic E-state index is -0.0213. The normalized spacial score (nSPS) is 25.3. The fourth-order valence-corrected chi connectivity index (χ4v) is 3.21. The maximum atomic E-state index is 12.6. The van der Waals surface area contributed by atoms with Gasteiger partial charge in [-0.3, -0.25) is 9.59 Å². The van der Waals surface area contributed by atoms with Gasteiger partial charge >= 0.3 is 0 Å². The smallest absolute Gasteiger partial charge is 0.253 e. The maximum absolute atomic E-state index is 12.6. The molecule has 1 aromatic carbocycles. The van der Waals surface area contributed by atoms with E-state index >= 15 is 0 Å². The quantitative estimate of drug-likeness (QED) is 0.845. The van der Waals surface area contributed by atoms with Crippen molar-refractivity contribution in [2.75, 3.05) is 19.6 Å². The number of nitrogens with one attached hydrogen (secondary N) is 1. The van der Waals surface area contributed by atoms with Gasteiger partial charge in [-0.25, -0.2) is 0 Å². The van der Waals surface area contributed by atoms with E-state index in [-0.39, 0.29) is 17.2 Å². The zero-order valence-electron chi connectivity index (χ0n) is 12.0. The second-order valence-electron chi connectivity index (χ2n) is 6.23. The van der Waals surface area contributed by atoms with E-state index in [4.69, 9.17) is 0 Å². The molecule has 2 saturated heterocycles. The topological polar surface area (TPSA) is 49.4 Å². The van der Waals surface area contributed by atoms with Crippen LogP contribution < -0.4 is 5.32 Å². The van der Waals surface area contributed by atoms with Crippen LogP contribution in [-0.4, -0.2) is 36.3 Å². The Balaban J connectivity index is 1.75. The Kier molecular flexibility index (Phi) is 3.04. The second-order valence-corrected chi connectivity index (χ2v) is 6.23. The van der Waals surface area contributed by atoms with Crippen molar-refractivity contribution in [3.05, 3.63) is 34.9 Å². The fraction of sp³-hybridized carbons (Fsp3) is 0.500. The molecule has 1 aromatic rings. The molecule has 0 aromatic heterocycles.